The van der Waals surface area contributed by atoms with Crippen molar-refractivity contribution in [1.82, 2.24) is 0 Å². The third kappa shape index (κ3) is 2.80. The van der Waals surface area contributed by atoms with Crippen LogP contribution in [0.3, 0.4) is 0 Å². The van der Waals surface area contributed by atoms with Gasteiger partial charge in [-0.3, -0.25) is 4.79 Å². The second-order valence-corrected chi connectivity index (χ2v) is 6.32. The first-order valence-corrected chi connectivity index (χ1v) is 7.17. The molecule has 1 aromatic carbocycles. The van der Waals surface area contributed by atoms with Crippen LogP contribution < -0.4 is 15.4 Å². The van der Waals surface area contributed by atoms with E-state index in [0.29, 0.717) is 13.1 Å². The molecule has 20 heavy (non-hydrogen) atoms. The van der Waals surface area contributed by atoms with E-state index < -0.39 is 6.10 Å². The van der Waals surface area contributed by atoms with Crippen molar-refractivity contribution in [3.05, 3.63) is 23.8 Å². The monoisotopic (exact) mass is 276 g/mol. The van der Waals surface area contributed by atoms with Crippen molar-refractivity contribution >= 4 is 11.6 Å². The van der Waals surface area contributed by atoms with Gasteiger partial charge < -0.3 is 15.4 Å². The van der Waals surface area contributed by atoms with E-state index in [1.807, 2.05) is 11.0 Å². The smallest absolute Gasteiger partial charge is 0.267 e. The molecule has 2 N–H and O–H groups in total. The Bertz CT molecular complexity index is 506. The van der Waals surface area contributed by atoms with Crippen LogP contribution in [0.5, 0.6) is 5.75 Å². The van der Waals surface area contributed by atoms with Crippen LogP contribution in [0.1, 0.15) is 39.7 Å². The van der Waals surface area contributed by atoms with Gasteiger partial charge >= 0.3 is 0 Å². The zero-order valence-corrected chi connectivity index (χ0v) is 12.8. The Morgan fingerprint density at radius 2 is 2.05 bits per heavy atom. The summed E-state index contributed by atoms with van der Waals surface area (Å²) in [5, 5.41) is 0. The van der Waals surface area contributed by atoms with Gasteiger partial charge in [-0.1, -0.05) is 26.8 Å². The van der Waals surface area contributed by atoms with E-state index in [-0.39, 0.29) is 11.3 Å². The number of hydrogen-bond donors (Lipinski definition) is 1. The Balaban J connectivity index is 2.43. The number of fused-ring (bicyclic) bond motifs is 1. The summed E-state index contributed by atoms with van der Waals surface area (Å²) < 4.78 is 5.70. The van der Waals surface area contributed by atoms with Gasteiger partial charge in [0, 0.05) is 6.54 Å². The molecule has 1 heterocycles. The molecule has 4 nitrogen and oxygen atoms in total. The van der Waals surface area contributed by atoms with Gasteiger partial charge in [-0.25, -0.2) is 0 Å². The second-order valence-electron chi connectivity index (χ2n) is 6.32. The van der Waals surface area contributed by atoms with Crippen LogP contribution in [-0.2, 0) is 10.2 Å². The molecule has 2 rings (SSSR count). The topological polar surface area (TPSA) is 55.6 Å². The number of ether oxygens (including phenoxy) is 1. The lowest BCUT2D eigenvalue weighted by molar-refractivity contribution is -0.125. The summed E-state index contributed by atoms with van der Waals surface area (Å²) in [6.45, 7) is 9.49. The quantitative estimate of drug-likeness (QED) is 0.922. The Labute approximate surface area is 120 Å². The van der Waals surface area contributed by atoms with Crippen LogP contribution in [0.4, 0.5) is 5.69 Å². The van der Waals surface area contributed by atoms with Gasteiger partial charge in [-0.05, 0) is 43.0 Å². The minimum Gasteiger partial charge on any atom is -0.479 e. The number of amides is 1. The van der Waals surface area contributed by atoms with E-state index in [1.54, 1.807) is 6.92 Å². The van der Waals surface area contributed by atoms with E-state index in [0.717, 1.165) is 17.9 Å². The van der Waals surface area contributed by atoms with E-state index in [9.17, 15) is 4.79 Å². The fraction of sp³-hybridized carbons (Fsp3) is 0.562. The van der Waals surface area contributed by atoms with E-state index in [2.05, 4.69) is 32.9 Å². The third-order valence-electron chi connectivity index (χ3n) is 3.62. The molecule has 1 aliphatic rings. The van der Waals surface area contributed by atoms with Crippen molar-refractivity contribution in [2.24, 2.45) is 5.73 Å². The molecule has 0 aliphatic carbocycles. The van der Waals surface area contributed by atoms with Crippen molar-refractivity contribution < 1.29 is 9.53 Å². The zero-order valence-electron chi connectivity index (χ0n) is 12.8. The number of hydrogen-bond acceptors (Lipinski definition) is 3. The number of nitrogens with zero attached hydrogens (tertiary/aromatic N) is 1. The SMILES string of the molecule is CC1Oc2ccc(C(C)(C)C)cc2N(CCCN)C1=O. The first kappa shape index (κ1) is 14.9. The number of carbonyl (C=O) groups is 1. The van der Waals surface area contributed by atoms with Crippen LogP contribution in [0.25, 0.3) is 0 Å². The van der Waals surface area contributed by atoms with Gasteiger partial charge in [-0.15, -0.1) is 0 Å². The highest BCUT2D eigenvalue weighted by atomic mass is 16.5. The van der Waals surface area contributed by atoms with Gasteiger partial charge in [0.15, 0.2) is 6.10 Å². The predicted octanol–water partition coefficient (Wildman–Crippen LogP) is 2.45. The first-order chi connectivity index (χ1) is 9.34. The third-order valence-corrected chi connectivity index (χ3v) is 3.62. The van der Waals surface area contributed by atoms with Gasteiger partial charge in [0.1, 0.15) is 5.75 Å². The fourth-order valence-electron chi connectivity index (χ4n) is 2.35. The summed E-state index contributed by atoms with van der Waals surface area (Å²) in [4.78, 5) is 14.1. The summed E-state index contributed by atoms with van der Waals surface area (Å²) in [5.41, 5.74) is 7.68. The molecule has 0 bridgehead atoms. The molecule has 1 atom stereocenters. The average molecular weight is 276 g/mol. The van der Waals surface area contributed by atoms with E-state index in [4.69, 9.17) is 10.5 Å². The number of anilines is 1. The summed E-state index contributed by atoms with van der Waals surface area (Å²) in [6.07, 6.45) is 0.359. The van der Waals surface area contributed by atoms with Crippen molar-refractivity contribution in [3.63, 3.8) is 0 Å². The predicted molar refractivity (Wildman–Crippen MR) is 81.3 cm³/mol. The molecule has 0 saturated heterocycles. The normalized spacial score (nSPS) is 18.8. The summed E-state index contributed by atoms with van der Waals surface area (Å²) >= 11 is 0. The Hall–Kier alpha value is -1.55. The Kier molecular flexibility index (Phi) is 4.04. The zero-order chi connectivity index (χ0) is 14.9. The largest absolute Gasteiger partial charge is 0.479 e. The fourth-order valence-corrected chi connectivity index (χ4v) is 2.35. The molecule has 110 valence electrons. The maximum absolute atomic E-state index is 12.3. The van der Waals surface area contributed by atoms with Crippen LogP contribution in [-0.4, -0.2) is 25.1 Å². The van der Waals surface area contributed by atoms with Gasteiger partial charge in [-0.2, -0.15) is 0 Å². The molecule has 0 radical (unpaired) electrons. The van der Waals surface area contributed by atoms with Crippen molar-refractivity contribution in [3.8, 4) is 5.75 Å². The average Bonchev–Trinajstić information content (AvgIpc) is 2.38. The Morgan fingerprint density at radius 3 is 2.65 bits per heavy atom. The highest BCUT2D eigenvalue weighted by Gasteiger charge is 2.32. The minimum atomic E-state index is -0.430. The van der Waals surface area contributed by atoms with Crippen LogP contribution in [0.2, 0.25) is 0 Å². The van der Waals surface area contributed by atoms with Gasteiger partial charge in [0.25, 0.3) is 5.91 Å². The summed E-state index contributed by atoms with van der Waals surface area (Å²) in [7, 11) is 0. The second kappa shape index (κ2) is 5.44. The van der Waals surface area contributed by atoms with Crippen molar-refractivity contribution in [2.45, 2.75) is 45.6 Å². The molecule has 0 fully saturated rings. The number of benzene rings is 1. The van der Waals surface area contributed by atoms with Crippen molar-refractivity contribution in [2.75, 3.05) is 18.0 Å². The maximum Gasteiger partial charge on any atom is 0.267 e. The molecular formula is C16H24N2O2. The Morgan fingerprint density at radius 1 is 1.35 bits per heavy atom. The summed E-state index contributed by atoms with van der Waals surface area (Å²) in [6, 6.07) is 6.10. The molecule has 1 amide bonds. The lowest BCUT2D eigenvalue weighted by Gasteiger charge is -2.34. The van der Waals surface area contributed by atoms with Gasteiger partial charge in [0.05, 0.1) is 5.69 Å². The number of rotatable bonds is 3. The minimum absolute atomic E-state index is 0.0111. The van der Waals surface area contributed by atoms with Crippen LogP contribution in [0.15, 0.2) is 18.2 Å². The molecule has 4 heteroatoms. The van der Waals surface area contributed by atoms with E-state index in [1.165, 1.54) is 5.56 Å². The highest BCUT2D eigenvalue weighted by Crippen LogP contribution is 2.37. The summed E-state index contributed by atoms with van der Waals surface area (Å²) in [5.74, 6) is 0.791. The highest BCUT2D eigenvalue weighted by molar-refractivity contribution is 5.99. The van der Waals surface area contributed by atoms with Crippen LogP contribution in [0, 0.1) is 0 Å². The molecule has 0 saturated carbocycles. The molecule has 0 spiro atoms. The number of carbonyl (C=O) groups excluding carboxylic acids is 1. The number of nitrogens with two attached hydrogens (primary N) is 1. The lowest BCUT2D eigenvalue weighted by atomic mass is 9.86. The van der Waals surface area contributed by atoms with Gasteiger partial charge in [0.2, 0.25) is 0 Å². The molecule has 1 unspecified atom stereocenters. The van der Waals surface area contributed by atoms with Crippen molar-refractivity contribution in [1.29, 1.82) is 0 Å². The molecule has 1 aliphatic heterocycles. The standard InChI is InChI=1S/C16H24N2O2/c1-11-15(19)18(9-5-8-17)13-10-12(16(2,3)4)6-7-14(13)20-11/h6-7,10-11H,5,8-9,17H2,1-4H3. The maximum atomic E-state index is 12.3. The van der Waals surface area contributed by atoms with Crippen LogP contribution >= 0.6 is 0 Å². The molecule has 1 aromatic rings. The lowest BCUT2D eigenvalue weighted by Crippen LogP contribution is -2.45. The van der Waals surface area contributed by atoms with E-state index >= 15 is 0 Å². The first-order valence-electron chi connectivity index (χ1n) is 7.17. The molecular weight excluding hydrogens is 252 g/mol. The molecule has 0 aromatic heterocycles.